The topological polar surface area (TPSA) is 69.5 Å². The number of amides is 1. The van der Waals surface area contributed by atoms with Crippen LogP contribution in [0.1, 0.15) is 43.4 Å². The average Bonchev–Trinajstić information content (AvgIpc) is 3.55. The summed E-state index contributed by atoms with van der Waals surface area (Å²) in [7, 11) is 1.30. The number of hydrogen-bond acceptors (Lipinski definition) is 5. The van der Waals surface area contributed by atoms with Crippen LogP contribution in [0.4, 0.5) is 23.7 Å². The van der Waals surface area contributed by atoms with Crippen LogP contribution in [0.2, 0.25) is 0 Å². The molecular weight excluding hydrogens is 449 g/mol. The number of methoxy groups -OCH3 is 1. The van der Waals surface area contributed by atoms with Crippen LogP contribution in [0.3, 0.4) is 0 Å². The smallest absolute Gasteiger partial charge is 0.421 e. The second-order valence-corrected chi connectivity index (χ2v) is 8.56. The number of ether oxygens (including phenoxy) is 2. The molecule has 3 heterocycles. The monoisotopic (exact) mass is 472 g/mol. The van der Waals surface area contributed by atoms with Gasteiger partial charge in [0, 0.05) is 35.1 Å². The van der Waals surface area contributed by atoms with E-state index in [1.165, 1.54) is 24.3 Å². The van der Waals surface area contributed by atoms with Crippen molar-refractivity contribution in [3.05, 3.63) is 54.0 Å². The first-order valence-corrected chi connectivity index (χ1v) is 11.1. The molecule has 1 fully saturated rings. The summed E-state index contributed by atoms with van der Waals surface area (Å²) >= 11 is 0. The fourth-order valence-electron chi connectivity index (χ4n) is 4.33. The van der Waals surface area contributed by atoms with E-state index in [-0.39, 0.29) is 11.8 Å². The van der Waals surface area contributed by atoms with Crippen molar-refractivity contribution in [1.82, 2.24) is 14.8 Å². The highest BCUT2D eigenvalue weighted by Gasteiger charge is 2.37. The van der Waals surface area contributed by atoms with Crippen LogP contribution in [0.25, 0.3) is 11.1 Å². The molecule has 7 nitrogen and oxygen atoms in total. The number of aromatic nitrogens is 3. The third-order valence-electron chi connectivity index (χ3n) is 6.23. The lowest BCUT2D eigenvalue weighted by atomic mass is 9.92. The lowest BCUT2D eigenvalue weighted by molar-refractivity contribution is -0.138. The third-order valence-corrected chi connectivity index (χ3v) is 6.23. The van der Waals surface area contributed by atoms with Crippen molar-refractivity contribution in [1.29, 1.82) is 0 Å². The van der Waals surface area contributed by atoms with Crippen molar-refractivity contribution >= 4 is 11.8 Å². The number of pyridine rings is 1. The van der Waals surface area contributed by atoms with Crippen LogP contribution < -0.4 is 9.64 Å². The summed E-state index contributed by atoms with van der Waals surface area (Å²) in [5.74, 6) is -0.305. The van der Waals surface area contributed by atoms with Crippen LogP contribution in [0.15, 0.2) is 42.9 Å². The molecule has 1 aliphatic heterocycles. The van der Waals surface area contributed by atoms with Crippen LogP contribution in [0.5, 0.6) is 11.6 Å². The molecule has 0 N–H and O–H groups in total. The van der Waals surface area contributed by atoms with Crippen molar-refractivity contribution < 1.29 is 27.4 Å². The zero-order valence-corrected chi connectivity index (χ0v) is 18.7. The third kappa shape index (κ3) is 3.97. The van der Waals surface area contributed by atoms with E-state index in [1.54, 1.807) is 18.3 Å². The van der Waals surface area contributed by atoms with E-state index in [0.717, 1.165) is 24.5 Å². The summed E-state index contributed by atoms with van der Waals surface area (Å²) in [5, 5.41) is 4.42. The van der Waals surface area contributed by atoms with Gasteiger partial charge in [0.2, 0.25) is 5.88 Å². The number of hydrogen-bond donors (Lipinski definition) is 0. The van der Waals surface area contributed by atoms with E-state index >= 15 is 0 Å². The van der Waals surface area contributed by atoms with E-state index in [9.17, 15) is 18.0 Å². The Morgan fingerprint density at radius 2 is 1.97 bits per heavy atom. The molecule has 1 aromatic carbocycles. The molecule has 0 spiro atoms. The number of anilines is 1. The molecule has 10 heteroatoms. The lowest BCUT2D eigenvalue weighted by Crippen LogP contribution is -2.42. The zero-order chi connectivity index (χ0) is 24.0. The van der Waals surface area contributed by atoms with Gasteiger partial charge in [0.25, 0.3) is 0 Å². The van der Waals surface area contributed by atoms with E-state index in [4.69, 9.17) is 9.47 Å². The van der Waals surface area contributed by atoms with Crippen molar-refractivity contribution in [2.45, 2.75) is 50.9 Å². The van der Waals surface area contributed by atoms with Gasteiger partial charge in [-0.15, -0.1) is 0 Å². The Hall–Kier alpha value is -3.56. The van der Waals surface area contributed by atoms with Gasteiger partial charge in [0.15, 0.2) is 0 Å². The molecule has 1 atom stereocenters. The fraction of sp³-hybridized carbons (Fsp3) is 0.375. The highest BCUT2D eigenvalue weighted by Crippen LogP contribution is 2.47. The van der Waals surface area contributed by atoms with Crippen molar-refractivity contribution in [2.24, 2.45) is 0 Å². The Labute approximate surface area is 194 Å². The number of carbonyl (C=O) groups is 1. The highest BCUT2D eigenvalue weighted by molar-refractivity contribution is 5.92. The molecule has 3 aromatic rings. The summed E-state index contributed by atoms with van der Waals surface area (Å²) in [4.78, 5) is 17.9. The molecule has 0 radical (unpaired) electrons. The maximum absolute atomic E-state index is 13.7. The SMILES string of the molecule is COC(=O)N1c2ccc(-c3cnn(C4CC4)c3)c(Oc3ncccc3C(F)(F)F)c2CC[C@@H]1C. The predicted octanol–water partition coefficient (Wildman–Crippen LogP) is 6.00. The number of fused-ring (bicyclic) bond motifs is 1. The first-order valence-electron chi connectivity index (χ1n) is 11.1. The van der Waals surface area contributed by atoms with Crippen molar-refractivity contribution in [3.63, 3.8) is 0 Å². The summed E-state index contributed by atoms with van der Waals surface area (Å²) in [6.07, 6.45) is 2.83. The molecule has 0 saturated heterocycles. The van der Waals surface area contributed by atoms with Gasteiger partial charge in [-0.05, 0) is 56.9 Å². The number of carbonyl (C=O) groups excluding carboxylic acids is 1. The molecule has 2 aliphatic rings. The number of alkyl halides is 3. The van der Waals surface area contributed by atoms with Gasteiger partial charge in [-0.2, -0.15) is 18.3 Å². The van der Waals surface area contributed by atoms with Gasteiger partial charge in [-0.25, -0.2) is 9.78 Å². The molecule has 1 saturated carbocycles. The van der Waals surface area contributed by atoms with Crippen molar-refractivity contribution in [3.8, 4) is 22.8 Å². The standard InChI is InChI=1S/C24H23F3N4O3/c1-14-5-8-18-20(31(14)23(32)33-2)10-9-17(15-12-29-30(13-15)16-6-7-16)21(18)34-22-19(24(25,26)27)4-3-11-28-22/h3-4,9-14,16H,5-8H2,1-2H3/t14-/m0/s1. The fourth-order valence-corrected chi connectivity index (χ4v) is 4.33. The predicted molar refractivity (Wildman–Crippen MR) is 118 cm³/mol. The van der Waals surface area contributed by atoms with Gasteiger partial charge < -0.3 is 9.47 Å². The Bertz CT molecular complexity index is 1240. The summed E-state index contributed by atoms with van der Waals surface area (Å²) in [6.45, 7) is 1.90. The summed E-state index contributed by atoms with van der Waals surface area (Å²) in [6, 6.07) is 5.88. The first kappa shape index (κ1) is 22.2. The van der Waals surface area contributed by atoms with Crippen LogP contribution in [-0.2, 0) is 17.3 Å². The number of halogens is 3. The Balaban J connectivity index is 1.67. The largest absolute Gasteiger partial charge is 0.452 e. The first-order chi connectivity index (χ1) is 16.3. The zero-order valence-electron chi connectivity index (χ0n) is 18.7. The normalized spacial score (nSPS) is 17.9. The van der Waals surface area contributed by atoms with E-state index in [1.807, 2.05) is 17.8 Å². The molecule has 0 unspecified atom stereocenters. The van der Waals surface area contributed by atoms with Crippen LogP contribution in [0, 0.1) is 0 Å². The van der Waals surface area contributed by atoms with Gasteiger partial charge in [0.05, 0.1) is 25.0 Å². The van der Waals surface area contributed by atoms with E-state index in [0.29, 0.717) is 35.7 Å². The molecule has 34 heavy (non-hydrogen) atoms. The number of benzene rings is 1. The minimum absolute atomic E-state index is 0.142. The minimum Gasteiger partial charge on any atom is -0.452 e. The molecule has 178 valence electrons. The van der Waals surface area contributed by atoms with Crippen LogP contribution in [-0.4, -0.2) is 34.0 Å². The highest BCUT2D eigenvalue weighted by atomic mass is 19.4. The van der Waals surface area contributed by atoms with E-state index < -0.39 is 23.7 Å². The number of rotatable bonds is 4. The Kier molecular flexibility index (Phi) is 5.45. The van der Waals surface area contributed by atoms with E-state index in [2.05, 4.69) is 10.1 Å². The molecule has 0 bridgehead atoms. The maximum Gasteiger partial charge on any atom is 0.421 e. The minimum atomic E-state index is -4.64. The quantitative estimate of drug-likeness (QED) is 0.466. The van der Waals surface area contributed by atoms with Gasteiger partial charge in [-0.1, -0.05) is 0 Å². The summed E-state index contributed by atoms with van der Waals surface area (Å²) < 4.78 is 53.8. The van der Waals surface area contributed by atoms with Crippen molar-refractivity contribution in [2.75, 3.05) is 12.0 Å². The molecule has 5 rings (SSSR count). The Morgan fingerprint density at radius 3 is 2.68 bits per heavy atom. The molecule has 2 aromatic heterocycles. The second kappa shape index (κ2) is 8.34. The van der Waals surface area contributed by atoms with Gasteiger partial charge in [-0.3, -0.25) is 9.58 Å². The second-order valence-electron chi connectivity index (χ2n) is 8.56. The molecule has 1 amide bonds. The summed E-state index contributed by atoms with van der Waals surface area (Å²) in [5.41, 5.74) is 1.50. The average molecular weight is 472 g/mol. The van der Waals surface area contributed by atoms with Gasteiger partial charge >= 0.3 is 12.3 Å². The Morgan fingerprint density at radius 1 is 1.18 bits per heavy atom. The maximum atomic E-state index is 13.7. The molecule has 1 aliphatic carbocycles. The molecular formula is C24H23F3N4O3. The van der Waals surface area contributed by atoms with Crippen LogP contribution >= 0.6 is 0 Å². The lowest BCUT2D eigenvalue weighted by Gasteiger charge is -2.35. The van der Waals surface area contributed by atoms with Gasteiger partial charge in [0.1, 0.15) is 11.3 Å². The number of nitrogens with zero attached hydrogens (tertiary/aromatic N) is 4.